The van der Waals surface area contributed by atoms with Crippen molar-refractivity contribution >= 4 is 18.3 Å². The fourth-order valence-electron chi connectivity index (χ4n) is 4.27. The average molecular weight is 406 g/mol. The number of rotatable bonds is 3. The van der Waals surface area contributed by atoms with Crippen LogP contribution in [0.15, 0.2) is 30.3 Å². The molecule has 2 saturated heterocycles. The molecule has 5 nitrogen and oxygen atoms in total. The van der Waals surface area contributed by atoms with E-state index in [1.807, 2.05) is 26.1 Å². The van der Waals surface area contributed by atoms with Gasteiger partial charge in [-0.05, 0) is 62.1 Å². The fourth-order valence-corrected chi connectivity index (χ4v) is 4.27. The van der Waals surface area contributed by atoms with Crippen molar-refractivity contribution in [2.45, 2.75) is 37.8 Å². The van der Waals surface area contributed by atoms with Gasteiger partial charge in [0, 0.05) is 24.8 Å². The lowest BCUT2D eigenvalue weighted by Crippen LogP contribution is -2.47. The number of methoxy groups -OCH3 is 1. The minimum atomic E-state index is -0.466. The van der Waals surface area contributed by atoms with Crippen LogP contribution in [0.1, 0.15) is 36.7 Å². The molecule has 2 aromatic rings. The summed E-state index contributed by atoms with van der Waals surface area (Å²) in [6.07, 6.45) is 2.47. The van der Waals surface area contributed by atoms with Gasteiger partial charge in [-0.15, -0.1) is 12.4 Å². The van der Waals surface area contributed by atoms with Crippen LogP contribution in [-0.2, 0) is 4.79 Å². The second-order valence-corrected chi connectivity index (χ2v) is 7.56. The predicted octanol–water partition coefficient (Wildman–Crippen LogP) is 3.65. The minimum absolute atomic E-state index is 0. The number of carbonyl (C=O) groups is 1. The number of nitrogens with zero attached hydrogens (tertiary/aromatic N) is 2. The second-order valence-electron chi connectivity index (χ2n) is 7.56. The molecule has 2 fully saturated rings. The molecule has 0 saturated carbocycles. The van der Waals surface area contributed by atoms with E-state index in [1.54, 1.807) is 24.1 Å². The third-order valence-electron chi connectivity index (χ3n) is 5.76. The molecule has 7 heteroatoms. The van der Waals surface area contributed by atoms with Gasteiger partial charge < -0.3 is 9.64 Å². The van der Waals surface area contributed by atoms with E-state index >= 15 is 0 Å². The molecule has 0 radical (unpaired) electrons. The van der Waals surface area contributed by atoms with Crippen LogP contribution in [0.25, 0.3) is 11.1 Å². The molecular weight excluding hydrogens is 381 g/mol. The molecule has 1 N–H and O–H groups in total. The van der Waals surface area contributed by atoms with Gasteiger partial charge >= 0.3 is 0 Å². The number of halogens is 2. The van der Waals surface area contributed by atoms with Gasteiger partial charge in [0.1, 0.15) is 17.1 Å². The molecular formula is C21H25ClFN3O2. The summed E-state index contributed by atoms with van der Waals surface area (Å²) in [6, 6.07) is 8.52. The molecule has 1 aromatic carbocycles. The lowest BCUT2D eigenvalue weighted by atomic mass is 9.96. The molecule has 1 spiro atoms. The summed E-state index contributed by atoms with van der Waals surface area (Å²) in [4.78, 5) is 19.0. The van der Waals surface area contributed by atoms with E-state index in [9.17, 15) is 9.18 Å². The van der Waals surface area contributed by atoms with Crippen LogP contribution in [0.5, 0.6) is 5.75 Å². The molecule has 150 valence electrons. The number of hydrogen-bond acceptors (Lipinski definition) is 4. The third-order valence-corrected chi connectivity index (χ3v) is 5.76. The van der Waals surface area contributed by atoms with Gasteiger partial charge in [0.2, 0.25) is 5.91 Å². The van der Waals surface area contributed by atoms with Gasteiger partial charge in [-0.1, -0.05) is 0 Å². The average Bonchev–Trinajstić information content (AvgIpc) is 3.22. The van der Waals surface area contributed by atoms with Crippen molar-refractivity contribution in [1.82, 2.24) is 15.2 Å². The van der Waals surface area contributed by atoms with Gasteiger partial charge in [0.25, 0.3) is 0 Å². The largest absolute Gasteiger partial charge is 0.497 e. The van der Waals surface area contributed by atoms with Gasteiger partial charge in [0.05, 0.1) is 18.8 Å². The van der Waals surface area contributed by atoms with E-state index < -0.39 is 5.54 Å². The number of amides is 1. The quantitative estimate of drug-likeness (QED) is 0.846. The number of ether oxygens (including phenoxy) is 1. The highest BCUT2D eigenvalue weighted by atomic mass is 35.5. The number of pyridine rings is 1. The van der Waals surface area contributed by atoms with Crippen molar-refractivity contribution in [3.05, 3.63) is 47.5 Å². The van der Waals surface area contributed by atoms with Crippen LogP contribution in [0, 0.1) is 12.7 Å². The first-order chi connectivity index (χ1) is 12.9. The molecule has 1 amide bonds. The van der Waals surface area contributed by atoms with Crippen LogP contribution in [-0.4, -0.2) is 42.0 Å². The summed E-state index contributed by atoms with van der Waals surface area (Å²) in [5.41, 5.74) is 2.47. The van der Waals surface area contributed by atoms with E-state index in [0.717, 1.165) is 42.8 Å². The van der Waals surface area contributed by atoms with Crippen molar-refractivity contribution in [3.8, 4) is 16.9 Å². The Balaban J connectivity index is 0.00000225. The lowest BCUT2D eigenvalue weighted by molar-refractivity contribution is -0.131. The smallest absolute Gasteiger partial charge is 0.242 e. The Morgan fingerprint density at radius 1 is 1.29 bits per heavy atom. The molecule has 2 aliphatic heterocycles. The summed E-state index contributed by atoms with van der Waals surface area (Å²) < 4.78 is 19.7. The monoisotopic (exact) mass is 405 g/mol. The highest BCUT2D eigenvalue weighted by Crippen LogP contribution is 2.39. The molecule has 1 aromatic heterocycles. The third kappa shape index (κ3) is 3.47. The first-order valence-corrected chi connectivity index (χ1v) is 9.28. The van der Waals surface area contributed by atoms with E-state index in [1.165, 1.54) is 6.07 Å². The molecule has 0 bridgehead atoms. The molecule has 0 aliphatic carbocycles. The minimum Gasteiger partial charge on any atom is -0.497 e. The zero-order valence-electron chi connectivity index (χ0n) is 16.3. The van der Waals surface area contributed by atoms with Crippen molar-refractivity contribution in [1.29, 1.82) is 0 Å². The molecule has 0 unspecified atom stereocenters. The number of likely N-dealkylation sites (tertiary alicyclic amines) is 1. The Bertz CT molecular complexity index is 907. The Hall–Kier alpha value is -2.18. The second kappa shape index (κ2) is 7.68. The summed E-state index contributed by atoms with van der Waals surface area (Å²) >= 11 is 0. The first kappa shape index (κ1) is 20.6. The van der Waals surface area contributed by atoms with Gasteiger partial charge in [0.15, 0.2) is 0 Å². The SMILES string of the molecule is COc1ccc(F)c(-c2cc(C)nc([C@H]3CC[C@@]4(CCN(C)C4=O)N3)c2)c1.Cl. The maximum Gasteiger partial charge on any atom is 0.242 e. The first-order valence-electron chi connectivity index (χ1n) is 9.28. The molecule has 2 aliphatic rings. The summed E-state index contributed by atoms with van der Waals surface area (Å²) in [5, 5.41) is 3.53. The van der Waals surface area contributed by atoms with Crippen LogP contribution < -0.4 is 10.1 Å². The molecule has 3 heterocycles. The predicted molar refractivity (Wildman–Crippen MR) is 108 cm³/mol. The standard InChI is InChI=1S/C21H24FN3O2.ClH/c1-13-10-14(16-12-15(27-3)4-5-17(16)22)11-19(23-13)18-6-7-21(24-18)8-9-25(2)20(21)26;/h4-5,10-12,18,24H,6-9H2,1-3H3;1H/t18-,21+;/m1./s1. The maximum absolute atomic E-state index is 14.4. The normalized spacial score (nSPS) is 23.9. The Kier molecular flexibility index (Phi) is 5.64. The van der Waals surface area contributed by atoms with Crippen LogP contribution in [0.2, 0.25) is 0 Å². The molecule has 2 atom stereocenters. The fraction of sp³-hybridized carbons (Fsp3) is 0.429. The van der Waals surface area contributed by atoms with E-state index in [-0.39, 0.29) is 30.2 Å². The number of nitrogens with one attached hydrogen (secondary N) is 1. The summed E-state index contributed by atoms with van der Waals surface area (Å²) in [7, 11) is 3.42. The van der Waals surface area contributed by atoms with Crippen molar-refractivity contribution in [3.63, 3.8) is 0 Å². The Labute approximate surface area is 170 Å². The van der Waals surface area contributed by atoms with Gasteiger partial charge in [-0.2, -0.15) is 0 Å². The Morgan fingerprint density at radius 2 is 2.07 bits per heavy atom. The zero-order chi connectivity index (χ0) is 19.2. The summed E-state index contributed by atoms with van der Waals surface area (Å²) in [5.74, 6) is 0.479. The van der Waals surface area contributed by atoms with E-state index in [2.05, 4.69) is 10.3 Å². The highest BCUT2D eigenvalue weighted by molar-refractivity contribution is 5.88. The number of hydrogen-bond donors (Lipinski definition) is 1. The van der Waals surface area contributed by atoms with E-state index in [4.69, 9.17) is 4.74 Å². The molecule has 4 rings (SSSR count). The molecule has 28 heavy (non-hydrogen) atoms. The number of carbonyl (C=O) groups excluding carboxylic acids is 1. The number of aromatic nitrogens is 1. The lowest BCUT2D eigenvalue weighted by Gasteiger charge is -2.23. The van der Waals surface area contributed by atoms with Crippen LogP contribution in [0.4, 0.5) is 4.39 Å². The van der Waals surface area contributed by atoms with Crippen LogP contribution >= 0.6 is 12.4 Å². The van der Waals surface area contributed by atoms with Crippen molar-refractivity contribution in [2.75, 3.05) is 20.7 Å². The van der Waals surface area contributed by atoms with E-state index in [0.29, 0.717) is 11.3 Å². The van der Waals surface area contributed by atoms with Crippen LogP contribution in [0.3, 0.4) is 0 Å². The maximum atomic E-state index is 14.4. The van der Waals surface area contributed by atoms with Crippen molar-refractivity contribution < 1.29 is 13.9 Å². The number of likely N-dealkylation sites (N-methyl/N-ethyl adjacent to an activating group) is 1. The van der Waals surface area contributed by atoms with Crippen molar-refractivity contribution in [2.24, 2.45) is 0 Å². The number of benzene rings is 1. The Morgan fingerprint density at radius 3 is 2.75 bits per heavy atom. The zero-order valence-corrected chi connectivity index (χ0v) is 17.1. The highest BCUT2D eigenvalue weighted by Gasteiger charge is 2.50. The van der Waals surface area contributed by atoms with Gasteiger partial charge in [-0.25, -0.2) is 4.39 Å². The van der Waals surface area contributed by atoms with Gasteiger partial charge in [-0.3, -0.25) is 15.1 Å². The summed E-state index contributed by atoms with van der Waals surface area (Å²) in [6.45, 7) is 2.68. The number of aryl methyl sites for hydroxylation is 1. The topological polar surface area (TPSA) is 54.5 Å².